The topological polar surface area (TPSA) is 45.2 Å². The fraction of sp³-hybridized carbons (Fsp3) is 0.438. The van der Waals surface area contributed by atoms with E-state index >= 15 is 0 Å². The first-order chi connectivity index (χ1) is 9.22. The van der Waals surface area contributed by atoms with E-state index in [0.717, 1.165) is 22.5 Å². The Labute approximate surface area is 113 Å². The molecule has 3 heteroatoms. The van der Waals surface area contributed by atoms with Crippen LogP contribution < -0.4 is 5.32 Å². The van der Waals surface area contributed by atoms with Gasteiger partial charge in [0.1, 0.15) is 11.6 Å². The highest BCUT2D eigenvalue weighted by Gasteiger charge is 2.18. The number of anilines is 1. The van der Waals surface area contributed by atoms with Crippen LogP contribution in [0.5, 0.6) is 5.75 Å². The minimum absolute atomic E-state index is 0.292. The number of hydrogen-bond donors (Lipinski definition) is 2. The summed E-state index contributed by atoms with van der Waals surface area (Å²) in [7, 11) is 0. The van der Waals surface area contributed by atoms with E-state index in [0.29, 0.717) is 11.8 Å². The van der Waals surface area contributed by atoms with E-state index in [9.17, 15) is 5.11 Å². The van der Waals surface area contributed by atoms with Crippen molar-refractivity contribution in [2.75, 3.05) is 5.32 Å². The number of aromatic nitrogens is 1. The minimum atomic E-state index is 0.292. The lowest BCUT2D eigenvalue weighted by atomic mass is 9.87. The molecular weight excluding hydrogens is 236 g/mol. The molecule has 2 N–H and O–H groups in total. The van der Waals surface area contributed by atoms with Crippen molar-refractivity contribution in [1.82, 2.24) is 4.98 Å². The monoisotopic (exact) mass is 256 g/mol. The van der Waals surface area contributed by atoms with Crippen LogP contribution in [0.4, 0.5) is 5.82 Å². The standard InChI is InChI=1S/C16H20N2O/c1-11-2-5-13(6-3-11)18-16-15-10-14(19)7-4-12(15)8-9-17-16/h4,7-11,13,19H,2-3,5-6H2,1H3,(H,17,18). The molecule has 0 aliphatic heterocycles. The minimum Gasteiger partial charge on any atom is -0.508 e. The Balaban J connectivity index is 1.86. The molecule has 1 aromatic carbocycles. The van der Waals surface area contributed by atoms with E-state index in [-0.39, 0.29) is 0 Å². The molecule has 3 rings (SSSR count). The maximum atomic E-state index is 9.64. The zero-order valence-corrected chi connectivity index (χ0v) is 11.3. The Kier molecular flexibility index (Phi) is 3.28. The Morgan fingerprint density at radius 2 is 1.95 bits per heavy atom. The van der Waals surface area contributed by atoms with E-state index < -0.39 is 0 Å². The third kappa shape index (κ3) is 2.65. The van der Waals surface area contributed by atoms with Crippen LogP contribution in [0.2, 0.25) is 0 Å². The normalized spacial score (nSPS) is 23.4. The fourth-order valence-electron chi connectivity index (χ4n) is 2.87. The molecule has 0 unspecified atom stereocenters. The van der Waals surface area contributed by atoms with E-state index in [2.05, 4.69) is 17.2 Å². The van der Waals surface area contributed by atoms with Crippen LogP contribution in [0.3, 0.4) is 0 Å². The van der Waals surface area contributed by atoms with Gasteiger partial charge < -0.3 is 10.4 Å². The van der Waals surface area contributed by atoms with Crippen LogP contribution >= 0.6 is 0 Å². The molecule has 0 atom stereocenters. The summed E-state index contributed by atoms with van der Waals surface area (Å²) in [5, 5.41) is 15.3. The molecule has 19 heavy (non-hydrogen) atoms. The lowest BCUT2D eigenvalue weighted by molar-refractivity contribution is 0.361. The second-order valence-corrected chi connectivity index (χ2v) is 5.67. The molecular formula is C16H20N2O. The highest BCUT2D eigenvalue weighted by atomic mass is 16.3. The molecule has 1 saturated carbocycles. The van der Waals surface area contributed by atoms with Gasteiger partial charge in [0.25, 0.3) is 0 Å². The number of phenols is 1. The van der Waals surface area contributed by atoms with Gasteiger partial charge in [-0.05, 0) is 55.2 Å². The van der Waals surface area contributed by atoms with Crippen molar-refractivity contribution in [2.24, 2.45) is 5.92 Å². The van der Waals surface area contributed by atoms with Gasteiger partial charge in [0, 0.05) is 17.6 Å². The van der Waals surface area contributed by atoms with Crippen molar-refractivity contribution in [3.8, 4) is 5.75 Å². The van der Waals surface area contributed by atoms with Crippen LogP contribution in [0, 0.1) is 5.92 Å². The number of benzene rings is 1. The van der Waals surface area contributed by atoms with Crippen LogP contribution in [-0.2, 0) is 0 Å². The molecule has 0 saturated heterocycles. The number of hydrogen-bond acceptors (Lipinski definition) is 3. The van der Waals surface area contributed by atoms with Crippen LogP contribution in [0.1, 0.15) is 32.6 Å². The summed E-state index contributed by atoms with van der Waals surface area (Å²) < 4.78 is 0. The molecule has 1 aliphatic carbocycles. The first-order valence-electron chi connectivity index (χ1n) is 7.06. The first-order valence-corrected chi connectivity index (χ1v) is 7.06. The van der Waals surface area contributed by atoms with Crippen LogP contribution in [-0.4, -0.2) is 16.1 Å². The Hall–Kier alpha value is -1.77. The summed E-state index contributed by atoms with van der Waals surface area (Å²) in [5.74, 6) is 2.04. The van der Waals surface area contributed by atoms with E-state index in [1.807, 2.05) is 18.3 Å². The van der Waals surface area contributed by atoms with Crippen molar-refractivity contribution >= 4 is 16.6 Å². The zero-order valence-electron chi connectivity index (χ0n) is 11.3. The Morgan fingerprint density at radius 1 is 1.16 bits per heavy atom. The van der Waals surface area contributed by atoms with Crippen molar-refractivity contribution in [3.63, 3.8) is 0 Å². The molecule has 0 spiro atoms. The Bertz CT molecular complexity index is 574. The molecule has 1 aliphatic rings. The first kappa shape index (κ1) is 12.3. The molecule has 0 bridgehead atoms. The fourth-order valence-corrected chi connectivity index (χ4v) is 2.87. The van der Waals surface area contributed by atoms with Crippen molar-refractivity contribution in [2.45, 2.75) is 38.6 Å². The van der Waals surface area contributed by atoms with Crippen LogP contribution in [0.25, 0.3) is 10.8 Å². The highest BCUT2D eigenvalue weighted by molar-refractivity contribution is 5.92. The molecule has 0 amide bonds. The lowest BCUT2D eigenvalue weighted by Gasteiger charge is -2.27. The smallest absolute Gasteiger partial charge is 0.134 e. The third-order valence-electron chi connectivity index (χ3n) is 4.11. The number of nitrogens with zero attached hydrogens (tertiary/aromatic N) is 1. The molecule has 1 fully saturated rings. The number of rotatable bonds is 2. The van der Waals surface area contributed by atoms with Gasteiger partial charge in [0.15, 0.2) is 0 Å². The van der Waals surface area contributed by atoms with Gasteiger partial charge in [0.05, 0.1) is 0 Å². The summed E-state index contributed by atoms with van der Waals surface area (Å²) in [6.07, 6.45) is 6.81. The average Bonchev–Trinajstić information content (AvgIpc) is 2.42. The van der Waals surface area contributed by atoms with E-state index in [1.165, 1.54) is 25.7 Å². The zero-order chi connectivity index (χ0) is 13.2. The molecule has 3 nitrogen and oxygen atoms in total. The maximum absolute atomic E-state index is 9.64. The predicted octanol–water partition coefficient (Wildman–Crippen LogP) is 3.93. The lowest BCUT2D eigenvalue weighted by Crippen LogP contribution is -2.25. The molecule has 100 valence electrons. The third-order valence-corrected chi connectivity index (χ3v) is 4.11. The van der Waals surface area contributed by atoms with Crippen molar-refractivity contribution in [3.05, 3.63) is 30.5 Å². The van der Waals surface area contributed by atoms with E-state index in [1.54, 1.807) is 12.1 Å². The van der Waals surface area contributed by atoms with Gasteiger partial charge in [-0.25, -0.2) is 4.98 Å². The molecule has 1 aromatic heterocycles. The highest BCUT2D eigenvalue weighted by Crippen LogP contribution is 2.29. The predicted molar refractivity (Wildman–Crippen MR) is 78.5 cm³/mol. The summed E-state index contributed by atoms with van der Waals surface area (Å²) in [6, 6.07) is 7.92. The van der Waals surface area contributed by atoms with Crippen LogP contribution in [0.15, 0.2) is 30.5 Å². The van der Waals surface area contributed by atoms with E-state index in [4.69, 9.17) is 0 Å². The number of phenolic OH excluding ortho intramolecular Hbond substituents is 1. The largest absolute Gasteiger partial charge is 0.508 e. The molecule has 0 radical (unpaired) electrons. The number of nitrogens with one attached hydrogen (secondary N) is 1. The van der Waals surface area contributed by atoms with Crippen molar-refractivity contribution in [1.29, 1.82) is 0 Å². The van der Waals surface area contributed by atoms with Crippen molar-refractivity contribution < 1.29 is 5.11 Å². The van der Waals surface area contributed by atoms with Gasteiger partial charge in [0.2, 0.25) is 0 Å². The van der Waals surface area contributed by atoms with Gasteiger partial charge in [-0.1, -0.05) is 13.0 Å². The second-order valence-electron chi connectivity index (χ2n) is 5.67. The quantitative estimate of drug-likeness (QED) is 0.855. The summed E-state index contributed by atoms with van der Waals surface area (Å²) in [4.78, 5) is 4.44. The van der Waals surface area contributed by atoms with Gasteiger partial charge in [-0.15, -0.1) is 0 Å². The average molecular weight is 256 g/mol. The maximum Gasteiger partial charge on any atom is 0.134 e. The SMILES string of the molecule is CC1CCC(Nc2nccc3ccc(O)cc23)CC1. The van der Waals surface area contributed by atoms with Gasteiger partial charge >= 0.3 is 0 Å². The van der Waals surface area contributed by atoms with Gasteiger partial charge in [-0.2, -0.15) is 0 Å². The molecule has 1 heterocycles. The number of pyridine rings is 1. The summed E-state index contributed by atoms with van der Waals surface area (Å²) in [6.45, 7) is 2.32. The number of aromatic hydroxyl groups is 1. The molecule has 2 aromatic rings. The summed E-state index contributed by atoms with van der Waals surface area (Å²) >= 11 is 0. The Morgan fingerprint density at radius 3 is 2.74 bits per heavy atom. The number of fused-ring (bicyclic) bond motifs is 1. The second kappa shape index (κ2) is 5.08. The van der Waals surface area contributed by atoms with Gasteiger partial charge in [-0.3, -0.25) is 0 Å². The summed E-state index contributed by atoms with van der Waals surface area (Å²) in [5.41, 5.74) is 0.